The molecule has 1 fully saturated rings. The largest absolute Gasteiger partial charge is 0.497 e. The predicted molar refractivity (Wildman–Crippen MR) is 104 cm³/mol. The van der Waals surface area contributed by atoms with Crippen molar-refractivity contribution in [2.24, 2.45) is 5.92 Å². The maximum Gasteiger partial charge on any atom is 0.305 e. The topological polar surface area (TPSA) is 101 Å². The van der Waals surface area contributed by atoms with E-state index in [9.17, 15) is 19.2 Å². The highest BCUT2D eigenvalue weighted by Gasteiger charge is 2.51. The van der Waals surface area contributed by atoms with Crippen LogP contribution in [0.5, 0.6) is 5.75 Å². The molecule has 2 atom stereocenters. The second kappa shape index (κ2) is 8.26. The molecule has 0 aromatic heterocycles. The maximum absolute atomic E-state index is 13.2. The first-order chi connectivity index (χ1) is 13.8. The third-order valence-electron chi connectivity index (χ3n) is 5.05. The minimum absolute atomic E-state index is 0.158. The fourth-order valence-electron chi connectivity index (χ4n) is 3.51. The number of ether oxygens (including phenoxy) is 1. The van der Waals surface area contributed by atoms with Crippen LogP contribution in [0.25, 0.3) is 0 Å². The van der Waals surface area contributed by atoms with Gasteiger partial charge in [-0.25, -0.2) is 0 Å². The molecule has 0 aliphatic carbocycles. The Morgan fingerprint density at radius 2 is 1.66 bits per heavy atom. The second-order valence-electron chi connectivity index (χ2n) is 6.93. The molecule has 29 heavy (non-hydrogen) atoms. The number of nitrogens with zero attached hydrogens (tertiary/aromatic N) is 1. The summed E-state index contributed by atoms with van der Waals surface area (Å²) in [6.07, 6.45) is -0.322. The highest BCUT2D eigenvalue weighted by atomic mass is 16.5. The van der Waals surface area contributed by atoms with Crippen molar-refractivity contribution in [3.8, 4) is 5.75 Å². The number of carbonyl (C=O) groups excluding carboxylic acids is 3. The lowest BCUT2D eigenvalue weighted by atomic mass is 9.86. The standard InChI is InChI=1S/C22H21NO6/c1-13-3-5-15(6-4-13)20(26)18-19(14-7-9-16(29-2)10-8-14)23(12-11-17(24)25)22(28)21(18)27/h3-10,18-19H,11-12H2,1-2H3,(H,24,25). The number of likely N-dealkylation sites (tertiary alicyclic amines) is 1. The number of Topliss-reactive ketones (excluding diaryl/α,β-unsaturated/α-hetero) is 2. The van der Waals surface area contributed by atoms with Crippen LogP contribution in [-0.2, 0) is 14.4 Å². The van der Waals surface area contributed by atoms with Gasteiger partial charge in [0.25, 0.3) is 5.91 Å². The van der Waals surface area contributed by atoms with E-state index >= 15 is 0 Å². The first-order valence-electron chi connectivity index (χ1n) is 9.15. The molecule has 3 rings (SSSR count). The van der Waals surface area contributed by atoms with Crippen molar-refractivity contribution in [1.29, 1.82) is 0 Å². The monoisotopic (exact) mass is 395 g/mol. The van der Waals surface area contributed by atoms with Gasteiger partial charge < -0.3 is 14.7 Å². The fraction of sp³-hybridized carbons (Fsp3) is 0.273. The Morgan fingerprint density at radius 1 is 1.03 bits per heavy atom. The number of methoxy groups -OCH3 is 1. The number of carboxylic acid groups (broad SMARTS) is 1. The zero-order chi connectivity index (χ0) is 21.1. The molecule has 1 N–H and O–H groups in total. The number of hydrogen-bond acceptors (Lipinski definition) is 5. The van der Waals surface area contributed by atoms with Gasteiger partial charge in [-0.05, 0) is 24.6 Å². The molecule has 1 heterocycles. The summed E-state index contributed by atoms with van der Waals surface area (Å²) in [4.78, 5) is 50.8. The summed E-state index contributed by atoms with van der Waals surface area (Å²) >= 11 is 0. The molecule has 0 radical (unpaired) electrons. The highest BCUT2D eigenvalue weighted by molar-refractivity contribution is 6.44. The molecule has 7 heteroatoms. The zero-order valence-corrected chi connectivity index (χ0v) is 16.1. The van der Waals surface area contributed by atoms with E-state index in [0.717, 1.165) is 5.56 Å². The van der Waals surface area contributed by atoms with E-state index in [1.54, 1.807) is 48.5 Å². The van der Waals surface area contributed by atoms with E-state index in [0.29, 0.717) is 16.9 Å². The first kappa shape index (κ1) is 20.3. The molecule has 0 spiro atoms. The Hall–Kier alpha value is -3.48. The Labute approximate surface area is 167 Å². The molecule has 1 aliphatic rings. The summed E-state index contributed by atoms with van der Waals surface area (Å²) in [5.41, 5.74) is 1.87. The van der Waals surface area contributed by atoms with Gasteiger partial charge >= 0.3 is 5.97 Å². The third-order valence-corrected chi connectivity index (χ3v) is 5.05. The number of hydrogen-bond donors (Lipinski definition) is 1. The quantitative estimate of drug-likeness (QED) is 0.439. The molecule has 1 saturated heterocycles. The van der Waals surface area contributed by atoms with Crippen molar-refractivity contribution in [3.05, 3.63) is 65.2 Å². The minimum Gasteiger partial charge on any atom is -0.497 e. The number of rotatable bonds is 7. The van der Waals surface area contributed by atoms with Crippen LogP contribution in [0.15, 0.2) is 48.5 Å². The van der Waals surface area contributed by atoms with Crippen LogP contribution in [-0.4, -0.2) is 47.1 Å². The number of benzene rings is 2. The van der Waals surface area contributed by atoms with Crippen LogP contribution in [0.3, 0.4) is 0 Å². The van der Waals surface area contributed by atoms with E-state index in [-0.39, 0.29) is 13.0 Å². The summed E-state index contributed by atoms with van der Waals surface area (Å²) in [6.45, 7) is 1.72. The summed E-state index contributed by atoms with van der Waals surface area (Å²) in [6, 6.07) is 12.6. The van der Waals surface area contributed by atoms with Gasteiger partial charge in [0.2, 0.25) is 5.78 Å². The van der Waals surface area contributed by atoms with Gasteiger partial charge in [0.15, 0.2) is 5.78 Å². The minimum atomic E-state index is -1.23. The molecule has 150 valence electrons. The fourth-order valence-corrected chi connectivity index (χ4v) is 3.51. The third kappa shape index (κ3) is 4.03. The predicted octanol–water partition coefficient (Wildman–Crippen LogP) is 2.43. The van der Waals surface area contributed by atoms with Gasteiger partial charge in [-0.2, -0.15) is 0 Å². The summed E-state index contributed by atoms with van der Waals surface area (Å²) < 4.78 is 5.14. The molecule has 2 unspecified atom stereocenters. The van der Waals surface area contributed by atoms with E-state index in [4.69, 9.17) is 9.84 Å². The van der Waals surface area contributed by atoms with Gasteiger partial charge in [-0.15, -0.1) is 0 Å². The van der Waals surface area contributed by atoms with E-state index < -0.39 is 35.4 Å². The number of aryl methyl sites for hydroxylation is 1. The lowest BCUT2D eigenvalue weighted by Crippen LogP contribution is -2.32. The van der Waals surface area contributed by atoms with Crippen molar-refractivity contribution in [2.75, 3.05) is 13.7 Å². The molecule has 1 amide bonds. The molecule has 7 nitrogen and oxygen atoms in total. The van der Waals surface area contributed by atoms with Crippen LogP contribution in [0.2, 0.25) is 0 Å². The molecular weight excluding hydrogens is 374 g/mol. The average Bonchev–Trinajstić information content (AvgIpc) is 2.97. The molecular formula is C22H21NO6. The lowest BCUT2D eigenvalue weighted by Gasteiger charge is -2.27. The molecule has 0 saturated carbocycles. The van der Waals surface area contributed by atoms with Crippen LogP contribution in [0, 0.1) is 12.8 Å². The van der Waals surface area contributed by atoms with Gasteiger partial charge in [0.1, 0.15) is 11.7 Å². The van der Waals surface area contributed by atoms with Gasteiger partial charge in [0.05, 0.1) is 19.6 Å². The SMILES string of the molecule is COc1ccc(C2C(C(=O)c3ccc(C)cc3)C(=O)C(=O)N2CCC(=O)O)cc1. The normalized spacial score (nSPS) is 18.8. The molecule has 2 aromatic carbocycles. The van der Waals surface area contributed by atoms with Crippen molar-refractivity contribution in [3.63, 3.8) is 0 Å². The van der Waals surface area contributed by atoms with E-state index in [2.05, 4.69) is 0 Å². The van der Waals surface area contributed by atoms with Crippen LogP contribution in [0.4, 0.5) is 0 Å². The lowest BCUT2D eigenvalue weighted by molar-refractivity contribution is -0.142. The number of carbonyl (C=O) groups is 4. The van der Waals surface area contributed by atoms with E-state index in [1.807, 2.05) is 6.92 Å². The number of carboxylic acids is 1. The average molecular weight is 395 g/mol. The van der Waals surface area contributed by atoms with Crippen molar-refractivity contribution < 1.29 is 29.0 Å². The van der Waals surface area contributed by atoms with Gasteiger partial charge in [-0.3, -0.25) is 19.2 Å². The van der Waals surface area contributed by atoms with Gasteiger partial charge in [0, 0.05) is 12.1 Å². The Bertz CT molecular complexity index is 948. The Kier molecular flexibility index (Phi) is 5.77. The number of ketones is 2. The van der Waals surface area contributed by atoms with Crippen LogP contribution >= 0.6 is 0 Å². The van der Waals surface area contributed by atoms with Crippen LogP contribution < -0.4 is 4.74 Å². The first-order valence-corrected chi connectivity index (χ1v) is 9.15. The second-order valence-corrected chi connectivity index (χ2v) is 6.93. The Balaban J connectivity index is 2.03. The molecule has 0 bridgehead atoms. The van der Waals surface area contributed by atoms with Crippen molar-refractivity contribution in [1.82, 2.24) is 4.90 Å². The van der Waals surface area contributed by atoms with Crippen molar-refractivity contribution in [2.45, 2.75) is 19.4 Å². The highest BCUT2D eigenvalue weighted by Crippen LogP contribution is 2.38. The Morgan fingerprint density at radius 3 is 2.21 bits per heavy atom. The van der Waals surface area contributed by atoms with Crippen molar-refractivity contribution >= 4 is 23.4 Å². The number of amides is 1. The van der Waals surface area contributed by atoms with Gasteiger partial charge in [-0.1, -0.05) is 42.0 Å². The van der Waals surface area contributed by atoms with Crippen LogP contribution in [0.1, 0.15) is 33.9 Å². The summed E-state index contributed by atoms with van der Waals surface area (Å²) in [5, 5.41) is 9.02. The number of aliphatic carboxylic acids is 1. The zero-order valence-electron chi connectivity index (χ0n) is 16.1. The molecule has 2 aromatic rings. The molecule has 1 aliphatic heterocycles. The maximum atomic E-state index is 13.2. The summed E-state index contributed by atoms with van der Waals surface area (Å²) in [7, 11) is 1.51. The smallest absolute Gasteiger partial charge is 0.305 e. The summed E-state index contributed by atoms with van der Waals surface area (Å²) in [5.74, 6) is -3.84. The van der Waals surface area contributed by atoms with E-state index in [1.165, 1.54) is 12.0 Å².